The zero-order valence-corrected chi connectivity index (χ0v) is 10.6. The van der Waals surface area contributed by atoms with Crippen molar-refractivity contribution in [3.63, 3.8) is 0 Å². The highest BCUT2D eigenvalue weighted by atomic mass is 32.2. The topological polar surface area (TPSA) is 12.0 Å². The summed E-state index contributed by atoms with van der Waals surface area (Å²) >= 11 is 3.77. The van der Waals surface area contributed by atoms with Crippen LogP contribution < -0.4 is 5.32 Å². The highest BCUT2D eigenvalue weighted by Crippen LogP contribution is 2.17. The van der Waals surface area contributed by atoms with Gasteiger partial charge in [-0.25, -0.2) is 0 Å². The van der Waals surface area contributed by atoms with Crippen molar-refractivity contribution in [1.82, 2.24) is 5.32 Å². The predicted octanol–water partition coefficient (Wildman–Crippen LogP) is 3.54. The first-order valence-corrected chi connectivity index (χ1v) is 7.37. The van der Waals surface area contributed by atoms with Crippen molar-refractivity contribution in [2.45, 2.75) is 25.8 Å². The minimum atomic E-state index is 0.518. The molecule has 1 aromatic rings. The maximum atomic E-state index is 3.55. The fourth-order valence-corrected chi connectivity index (χ4v) is 2.58. The maximum Gasteiger partial charge on any atom is 0.0386 e. The van der Waals surface area contributed by atoms with Gasteiger partial charge in [0.15, 0.2) is 0 Å². The minimum absolute atomic E-state index is 0.518. The Bertz CT molecular complexity index is 221. The second kappa shape index (κ2) is 7.32. The van der Waals surface area contributed by atoms with E-state index in [0.29, 0.717) is 6.04 Å². The number of unbranched alkanes of at least 4 members (excludes halogenated alkanes) is 1. The lowest BCUT2D eigenvalue weighted by Crippen LogP contribution is -2.19. The van der Waals surface area contributed by atoms with Gasteiger partial charge >= 0.3 is 0 Å². The number of nitrogens with one attached hydrogen (secondary N) is 1. The maximum absolute atomic E-state index is 3.55. The normalized spacial score (nSPS) is 13.0. The Balaban J connectivity index is 2.07. The molecule has 0 saturated heterocycles. The first-order chi connectivity index (χ1) is 6.84. The van der Waals surface area contributed by atoms with Gasteiger partial charge in [-0.3, -0.25) is 0 Å². The molecule has 0 aliphatic heterocycles. The van der Waals surface area contributed by atoms with Gasteiger partial charge in [0.05, 0.1) is 0 Å². The van der Waals surface area contributed by atoms with E-state index in [1.165, 1.54) is 23.5 Å². The molecule has 1 aromatic heterocycles. The van der Waals surface area contributed by atoms with Gasteiger partial charge in [0.25, 0.3) is 0 Å². The van der Waals surface area contributed by atoms with E-state index in [-0.39, 0.29) is 0 Å². The molecule has 0 fully saturated rings. The van der Waals surface area contributed by atoms with E-state index in [0.717, 1.165) is 6.54 Å². The molecule has 80 valence electrons. The summed E-state index contributed by atoms with van der Waals surface area (Å²) in [4.78, 5) is 1.44. The molecule has 0 bridgehead atoms. The van der Waals surface area contributed by atoms with Crippen LogP contribution in [-0.2, 0) is 0 Å². The van der Waals surface area contributed by atoms with E-state index in [1.807, 2.05) is 23.1 Å². The number of thiophene rings is 1. The molecule has 0 radical (unpaired) electrons. The van der Waals surface area contributed by atoms with Gasteiger partial charge in [0.1, 0.15) is 0 Å². The fourth-order valence-electron chi connectivity index (χ4n) is 1.33. The van der Waals surface area contributed by atoms with Crippen molar-refractivity contribution in [2.75, 3.05) is 18.6 Å². The van der Waals surface area contributed by atoms with Crippen LogP contribution in [0.4, 0.5) is 0 Å². The standard InChI is InChI=1S/C11H19NS2/c1-10(11-6-5-9-14-11)12-7-3-4-8-13-2/h5-6,9-10,12H,3-4,7-8H2,1-2H3. The Morgan fingerprint density at radius 3 is 3.00 bits per heavy atom. The fraction of sp³-hybridized carbons (Fsp3) is 0.636. The monoisotopic (exact) mass is 229 g/mol. The Morgan fingerprint density at radius 1 is 1.50 bits per heavy atom. The second-order valence-corrected chi connectivity index (χ2v) is 5.36. The molecule has 0 aromatic carbocycles. The summed E-state index contributed by atoms with van der Waals surface area (Å²) in [5.41, 5.74) is 0. The van der Waals surface area contributed by atoms with E-state index in [2.05, 4.69) is 36.0 Å². The predicted molar refractivity (Wildman–Crippen MR) is 68.4 cm³/mol. The zero-order valence-electron chi connectivity index (χ0n) is 8.95. The van der Waals surface area contributed by atoms with Crippen LogP contribution in [-0.4, -0.2) is 18.6 Å². The van der Waals surface area contributed by atoms with Crippen LogP contribution in [0.3, 0.4) is 0 Å². The van der Waals surface area contributed by atoms with Crippen LogP contribution in [0, 0.1) is 0 Å². The summed E-state index contributed by atoms with van der Waals surface area (Å²) in [6.45, 7) is 3.38. The zero-order chi connectivity index (χ0) is 10.2. The lowest BCUT2D eigenvalue weighted by Gasteiger charge is -2.11. The van der Waals surface area contributed by atoms with Gasteiger partial charge in [-0.15, -0.1) is 11.3 Å². The number of rotatable bonds is 7. The van der Waals surface area contributed by atoms with Crippen molar-refractivity contribution < 1.29 is 0 Å². The Morgan fingerprint density at radius 2 is 2.36 bits per heavy atom. The molecular weight excluding hydrogens is 210 g/mol. The summed E-state index contributed by atoms with van der Waals surface area (Å²) in [6, 6.07) is 4.83. The molecule has 0 aliphatic rings. The van der Waals surface area contributed by atoms with Crippen molar-refractivity contribution in [1.29, 1.82) is 0 Å². The molecule has 3 heteroatoms. The average molecular weight is 229 g/mol. The van der Waals surface area contributed by atoms with Crippen LogP contribution in [0.25, 0.3) is 0 Å². The molecular formula is C11H19NS2. The molecule has 0 amide bonds. The number of hydrogen-bond donors (Lipinski definition) is 1. The first kappa shape index (κ1) is 12.1. The minimum Gasteiger partial charge on any atom is -0.309 e. The van der Waals surface area contributed by atoms with Crippen molar-refractivity contribution >= 4 is 23.1 Å². The van der Waals surface area contributed by atoms with Crippen LogP contribution in [0.2, 0.25) is 0 Å². The van der Waals surface area contributed by atoms with Crippen molar-refractivity contribution in [3.05, 3.63) is 22.4 Å². The van der Waals surface area contributed by atoms with Crippen molar-refractivity contribution in [2.24, 2.45) is 0 Å². The lowest BCUT2D eigenvalue weighted by atomic mass is 10.2. The second-order valence-electron chi connectivity index (χ2n) is 3.39. The largest absolute Gasteiger partial charge is 0.309 e. The molecule has 0 saturated carbocycles. The Labute approximate surface area is 95.3 Å². The van der Waals surface area contributed by atoms with Gasteiger partial charge in [-0.2, -0.15) is 11.8 Å². The van der Waals surface area contributed by atoms with E-state index < -0.39 is 0 Å². The molecule has 0 spiro atoms. The summed E-state index contributed by atoms with van der Waals surface area (Å²) in [7, 11) is 0. The smallest absolute Gasteiger partial charge is 0.0386 e. The van der Waals surface area contributed by atoms with Crippen LogP contribution >= 0.6 is 23.1 Å². The summed E-state index contributed by atoms with van der Waals surface area (Å²) in [5, 5.41) is 5.69. The molecule has 1 atom stereocenters. The summed E-state index contributed by atoms with van der Waals surface area (Å²) in [6.07, 6.45) is 4.78. The van der Waals surface area contributed by atoms with E-state index in [1.54, 1.807) is 0 Å². The Kier molecular flexibility index (Phi) is 6.32. The molecule has 1 rings (SSSR count). The van der Waals surface area contributed by atoms with Crippen LogP contribution in [0.1, 0.15) is 30.7 Å². The molecule has 1 unspecified atom stereocenters. The molecule has 1 N–H and O–H groups in total. The third kappa shape index (κ3) is 4.49. The highest BCUT2D eigenvalue weighted by molar-refractivity contribution is 7.98. The molecule has 1 nitrogen and oxygen atoms in total. The lowest BCUT2D eigenvalue weighted by molar-refractivity contribution is 0.562. The molecule has 0 aliphatic carbocycles. The van der Waals surface area contributed by atoms with Gasteiger partial charge in [-0.1, -0.05) is 6.07 Å². The highest BCUT2D eigenvalue weighted by Gasteiger charge is 2.03. The third-order valence-corrected chi connectivity index (χ3v) is 3.95. The van der Waals surface area contributed by atoms with E-state index >= 15 is 0 Å². The average Bonchev–Trinajstić information content (AvgIpc) is 2.70. The number of hydrogen-bond acceptors (Lipinski definition) is 3. The number of thioether (sulfide) groups is 1. The van der Waals surface area contributed by atoms with Crippen LogP contribution in [0.15, 0.2) is 17.5 Å². The summed E-state index contributed by atoms with van der Waals surface area (Å²) in [5.74, 6) is 1.29. The van der Waals surface area contributed by atoms with Gasteiger partial charge in [0.2, 0.25) is 0 Å². The quantitative estimate of drug-likeness (QED) is 0.718. The van der Waals surface area contributed by atoms with Gasteiger partial charge in [-0.05, 0) is 49.8 Å². The van der Waals surface area contributed by atoms with E-state index in [9.17, 15) is 0 Å². The molecule has 1 heterocycles. The van der Waals surface area contributed by atoms with E-state index in [4.69, 9.17) is 0 Å². The van der Waals surface area contributed by atoms with Crippen molar-refractivity contribution in [3.8, 4) is 0 Å². The SMILES string of the molecule is CSCCCCNC(C)c1cccs1. The molecule has 14 heavy (non-hydrogen) atoms. The third-order valence-electron chi connectivity index (χ3n) is 2.20. The summed E-state index contributed by atoms with van der Waals surface area (Å²) < 4.78 is 0. The van der Waals surface area contributed by atoms with Gasteiger partial charge < -0.3 is 5.32 Å². The first-order valence-electron chi connectivity index (χ1n) is 5.10. The van der Waals surface area contributed by atoms with Crippen LogP contribution in [0.5, 0.6) is 0 Å². The van der Waals surface area contributed by atoms with Gasteiger partial charge in [0, 0.05) is 10.9 Å². The Hall–Kier alpha value is 0.01000.